The summed E-state index contributed by atoms with van der Waals surface area (Å²) in [6.45, 7) is 1.69. The number of aryl methyl sites for hydroxylation is 1. The van der Waals surface area contributed by atoms with E-state index in [1.165, 1.54) is 10.7 Å². The molecule has 1 aliphatic heterocycles. The molecule has 2 aromatic rings. The number of hydrogen-bond donors (Lipinski definition) is 2. The Morgan fingerprint density at radius 1 is 1.27 bits per heavy atom. The quantitative estimate of drug-likeness (QED) is 0.769. The van der Waals surface area contributed by atoms with Crippen LogP contribution in [0.15, 0.2) is 35.1 Å². The van der Waals surface area contributed by atoms with Gasteiger partial charge in [0.1, 0.15) is 6.04 Å². The Morgan fingerprint density at radius 3 is 2.62 bits per heavy atom. The highest BCUT2D eigenvalue weighted by atomic mass is 35.5. The molecular weight excluding hydrogens is 360 g/mol. The van der Waals surface area contributed by atoms with Gasteiger partial charge in [-0.05, 0) is 37.6 Å². The van der Waals surface area contributed by atoms with Gasteiger partial charge in [0, 0.05) is 23.2 Å². The zero-order valence-corrected chi connectivity index (χ0v) is 14.5. The fraction of sp³-hybridized carbons (Fsp3) is 0.235. The second-order valence-corrected chi connectivity index (χ2v) is 6.30. The Morgan fingerprint density at radius 2 is 1.96 bits per heavy atom. The second-order valence-electron chi connectivity index (χ2n) is 5.86. The smallest absolute Gasteiger partial charge is 0.276 e. The summed E-state index contributed by atoms with van der Waals surface area (Å²) in [4.78, 5) is 47.6. The topological polar surface area (TPSA) is 110 Å². The Bertz CT molecular complexity index is 952. The van der Waals surface area contributed by atoms with Crippen LogP contribution in [0.3, 0.4) is 0 Å². The number of benzene rings is 1. The van der Waals surface area contributed by atoms with E-state index >= 15 is 0 Å². The number of aromatic nitrogens is 2. The monoisotopic (exact) mass is 374 g/mol. The predicted molar refractivity (Wildman–Crippen MR) is 93.2 cm³/mol. The summed E-state index contributed by atoms with van der Waals surface area (Å²) >= 11 is 5.87. The van der Waals surface area contributed by atoms with Crippen molar-refractivity contribution in [3.05, 3.63) is 57.0 Å². The van der Waals surface area contributed by atoms with Crippen LogP contribution < -0.4 is 16.1 Å². The highest BCUT2D eigenvalue weighted by Gasteiger charge is 2.29. The van der Waals surface area contributed by atoms with E-state index in [1.807, 2.05) is 0 Å². The second kappa shape index (κ2) is 7.09. The summed E-state index contributed by atoms with van der Waals surface area (Å²) < 4.78 is 1.44. The zero-order chi connectivity index (χ0) is 18.8. The number of amides is 3. The highest BCUT2D eigenvalue weighted by Crippen LogP contribution is 2.14. The Balaban J connectivity index is 1.90. The van der Waals surface area contributed by atoms with E-state index in [0.717, 1.165) is 0 Å². The molecule has 8 nitrogen and oxygen atoms in total. The first-order chi connectivity index (χ1) is 12.3. The highest BCUT2D eigenvalue weighted by molar-refractivity contribution is 6.30. The van der Waals surface area contributed by atoms with Gasteiger partial charge in [0.2, 0.25) is 17.2 Å². The number of nitrogens with zero attached hydrogens (tertiary/aromatic N) is 2. The number of piperidine rings is 1. The van der Waals surface area contributed by atoms with Crippen LogP contribution in [-0.2, 0) is 9.59 Å². The molecular formula is C17H15ClN4O4. The van der Waals surface area contributed by atoms with E-state index < -0.39 is 23.3 Å². The van der Waals surface area contributed by atoms with Crippen LogP contribution in [0.2, 0.25) is 5.02 Å². The van der Waals surface area contributed by atoms with E-state index in [2.05, 4.69) is 15.7 Å². The molecule has 2 N–H and O–H groups in total. The van der Waals surface area contributed by atoms with Crippen LogP contribution in [-0.4, -0.2) is 33.5 Å². The Labute approximate surface area is 153 Å². The first kappa shape index (κ1) is 17.8. The standard InChI is InChI=1S/C17H15ClN4O4/c1-9-8-13(23)15(21-22(9)11-4-2-10(18)3-5-11)17(26)19-12-6-7-14(24)20-16(12)25/h2-5,8,12H,6-7H2,1H3,(H,19,26)(H,20,24,25). The number of imide groups is 1. The third-order valence-corrected chi connectivity index (χ3v) is 4.19. The Hall–Kier alpha value is -3.00. The maximum Gasteiger partial charge on any atom is 0.276 e. The number of rotatable bonds is 3. The molecule has 2 heterocycles. The van der Waals surface area contributed by atoms with Crippen molar-refractivity contribution in [1.29, 1.82) is 0 Å². The zero-order valence-electron chi connectivity index (χ0n) is 13.8. The molecule has 0 aliphatic carbocycles. The first-order valence-corrected chi connectivity index (χ1v) is 8.24. The van der Waals surface area contributed by atoms with Crippen molar-refractivity contribution in [2.45, 2.75) is 25.8 Å². The largest absolute Gasteiger partial charge is 0.339 e. The lowest BCUT2D eigenvalue weighted by Crippen LogP contribution is -2.53. The maximum absolute atomic E-state index is 12.4. The van der Waals surface area contributed by atoms with Crippen molar-refractivity contribution in [2.24, 2.45) is 0 Å². The van der Waals surface area contributed by atoms with E-state index in [0.29, 0.717) is 16.4 Å². The normalized spacial score (nSPS) is 16.9. The lowest BCUT2D eigenvalue weighted by atomic mass is 10.1. The SMILES string of the molecule is Cc1cc(=O)c(C(=O)NC2CCC(=O)NC2=O)nn1-c1ccc(Cl)cc1. The summed E-state index contributed by atoms with van der Waals surface area (Å²) in [5.74, 6) is -1.76. The van der Waals surface area contributed by atoms with Crippen LogP contribution in [0.5, 0.6) is 0 Å². The van der Waals surface area contributed by atoms with Gasteiger partial charge in [-0.2, -0.15) is 5.10 Å². The number of nitrogens with one attached hydrogen (secondary N) is 2. The van der Waals surface area contributed by atoms with E-state index in [-0.39, 0.29) is 24.4 Å². The minimum absolute atomic E-state index is 0.118. The molecule has 1 saturated heterocycles. The summed E-state index contributed by atoms with van der Waals surface area (Å²) in [5, 5.41) is 9.27. The molecule has 3 amide bonds. The molecule has 9 heteroatoms. The molecule has 1 fully saturated rings. The molecule has 3 rings (SSSR count). The van der Waals surface area contributed by atoms with Crippen molar-refractivity contribution in [2.75, 3.05) is 0 Å². The average Bonchev–Trinajstić information content (AvgIpc) is 2.58. The van der Waals surface area contributed by atoms with Gasteiger partial charge in [0.15, 0.2) is 5.69 Å². The molecule has 1 aromatic carbocycles. The molecule has 0 radical (unpaired) electrons. The maximum atomic E-state index is 12.4. The lowest BCUT2D eigenvalue weighted by molar-refractivity contribution is -0.134. The summed E-state index contributed by atoms with van der Waals surface area (Å²) in [6, 6.07) is 7.15. The minimum atomic E-state index is -0.883. The Kier molecular flexibility index (Phi) is 4.85. The molecule has 26 heavy (non-hydrogen) atoms. The predicted octanol–water partition coefficient (Wildman–Crippen LogP) is 0.729. The third kappa shape index (κ3) is 3.65. The van der Waals surface area contributed by atoms with Crippen molar-refractivity contribution in [3.63, 3.8) is 0 Å². The number of carbonyl (C=O) groups excluding carboxylic acids is 3. The van der Waals surface area contributed by atoms with Gasteiger partial charge in [-0.3, -0.25) is 24.5 Å². The molecule has 1 atom stereocenters. The molecule has 0 saturated carbocycles. The van der Waals surface area contributed by atoms with Crippen molar-refractivity contribution in [1.82, 2.24) is 20.4 Å². The van der Waals surface area contributed by atoms with E-state index in [9.17, 15) is 19.2 Å². The summed E-state index contributed by atoms with van der Waals surface area (Å²) in [6.07, 6.45) is 0.292. The van der Waals surface area contributed by atoms with Gasteiger partial charge in [0.05, 0.1) is 5.69 Å². The van der Waals surface area contributed by atoms with Crippen LogP contribution in [0.25, 0.3) is 5.69 Å². The number of carbonyl (C=O) groups is 3. The molecule has 0 spiro atoms. The fourth-order valence-electron chi connectivity index (χ4n) is 2.61. The van der Waals surface area contributed by atoms with Crippen LogP contribution in [0.4, 0.5) is 0 Å². The minimum Gasteiger partial charge on any atom is -0.339 e. The van der Waals surface area contributed by atoms with Crippen molar-refractivity contribution < 1.29 is 14.4 Å². The molecule has 0 bridgehead atoms. The van der Waals surface area contributed by atoms with Gasteiger partial charge in [-0.1, -0.05) is 11.6 Å². The molecule has 1 aromatic heterocycles. The first-order valence-electron chi connectivity index (χ1n) is 7.86. The van der Waals surface area contributed by atoms with E-state index in [1.54, 1.807) is 31.2 Å². The molecule has 1 aliphatic rings. The average molecular weight is 375 g/mol. The summed E-state index contributed by atoms with van der Waals surface area (Å²) in [7, 11) is 0. The van der Waals surface area contributed by atoms with Crippen molar-refractivity contribution in [3.8, 4) is 5.69 Å². The van der Waals surface area contributed by atoms with Gasteiger partial charge in [0.25, 0.3) is 5.91 Å². The van der Waals surface area contributed by atoms with Gasteiger partial charge < -0.3 is 5.32 Å². The molecule has 1 unspecified atom stereocenters. The molecule has 134 valence electrons. The van der Waals surface area contributed by atoms with Crippen LogP contribution >= 0.6 is 11.6 Å². The third-order valence-electron chi connectivity index (χ3n) is 3.94. The van der Waals surface area contributed by atoms with Crippen molar-refractivity contribution >= 4 is 29.3 Å². The number of hydrogen-bond acceptors (Lipinski definition) is 5. The fourth-order valence-corrected chi connectivity index (χ4v) is 2.73. The lowest BCUT2D eigenvalue weighted by Gasteiger charge is -2.21. The van der Waals surface area contributed by atoms with Gasteiger partial charge in [-0.15, -0.1) is 0 Å². The van der Waals surface area contributed by atoms with E-state index in [4.69, 9.17) is 11.6 Å². The van der Waals surface area contributed by atoms with Crippen LogP contribution in [0, 0.1) is 6.92 Å². The van der Waals surface area contributed by atoms with Gasteiger partial charge in [-0.25, -0.2) is 4.68 Å². The number of halogens is 1. The van der Waals surface area contributed by atoms with Crippen LogP contribution in [0.1, 0.15) is 29.0 Å². The van der Waals surface area contributed by atoms with Gasteiger partial charge >= 0.3 is 0 Å². The summed E-state index contributed by atoms with van der Waals surface area (Å²) in [5.41, 5.74) is 0.268.